The van der Waals surface area contributed by atoms with E-state index >= 15 is 0 Å². The molecular formula is C22H20ClN5O2. The second-order valence-electron chi connectivity index (χ2n) is 7.60. The summed E-state index contributed by atoms with van der Waals surface area (Å²) in [6, 6.07) is 12.2. The average Bonchev–Trinajstić information content (AvgIpc) is 3.21. The number of aromatic amines is 1. The standard InChI is InChI=1S/C22H20ClN5O2/c1-13-7-8-14(10-17(13)23)16-5-2-6-18-19(16)20(25-12-24-18)28-9-3-4-15(11-28)21-26-27-22(29)30-21/h2,5-8,10,12,15H,3-4,9,11H2,1H3,(H,27,29). The molecule has 0 radical (unpaired) electrons. The molecule has 30 heavy (non-hydrogen) atoms. The highest BCUT2D eigenvalue weighted by Gasteiger charge is 2.27. The van der Waals surface area contributed by atoms with E-state index in [0.29, 0.717) is 12.4 Å². The molecule has 2 aromatic carbocycles. The summed E-state index contributed by atoms with van der Waals surface area (Å²) in [7, 11) is 0. The van der Waals surface area contributed by atoms with Gasteiger partial charge in [-0.3, -0.25) is 0 Å². The largest absolute Gasteiger partial charge is 0.434 e. The quantitative estimate of drug-likeness (QED) is 0.530. The zero-order valence-electron chi connectivity index (χ0n) is 16.4. The highest BCUT2D eigenvalue weighted by Crippen LogP contribution is 2.37. The molecule has 3 heterocycles. The van der Waals surface area contributed by atoms with Crippen molar-refractivity contribution in [2.75, 3.05) is 18.0 Å². The van der Waals surface area contributed by atoms with Crippen LogP contribution in [0.3, 0.4) is 0 Å². The minimum Gasteiger partial charge on any atom is -0.392 e. The van der Waals surface area contributed by atoms with E-state index in [1.54, 1.807) is 6.33 Å². The van der Waals surface area contributed by atoms with Crippen molar-refractivity contribution < 1.29 is 4.42 Å². The van der Waals surface area contributed by atoms with E-state index in [4.69, 9.17) is 16.0 Å². The first-order valence-corrected chi connectivity index (χ1v) is 10.3. The third-order valence-electron chi connectivity index (χ3n) is 5.65. The molecule has 2 aromatic heterocycles. The maximum absolute atomic E-state index is 11.4. The van der Waals surface area contributed by atoms with Crippen molar-refractivity contribution in [1.82, 2.24) is 20.2 Å². The molecule has 0 saturated carbocycles. The number of nitrogens with one attached hydrogen (secondary N) is 1. The van der Waals surface area contributed by atoms with Gasteiger partial charge < -0.3 is 9.32 Å². The minimum absolute atomic E-state index is 0.0312. The van der Waals surface area contributed by atoms with E-state index in [2.05, 4.69) is 37.2 Å². The Kier molecular flexibility index (Phi) is 4.75. The van der Waals surface area contributed by atoms with Crippen LogP contribution in [-0.4, -0.2) is 33.3 Å². The van der Waals surface area contributed by atoms with Gasteiger partial charge in [0, 0.05) is 18.1 Å². The molecule has 4 aromatic rings. The van der Waals surface area contributed by atoms with Gasteiger partial charge in [0.15, 0.2) is 0 Å². The van der Waals surface area contributed by atoms with Crippen LogP contribution in [0.2, 0.25) is 5.02 Å². The molecule has 0 aliphatic carbocycles. The number of benzene rings is 2. The van der Waals surface area contributed by atoms with Crippen molar-refractivity contribution in [3.63, 3.8) is 0 Å². The number of H-pyrrole nitrogens is 1. The van der Waals surface area contributed by atoms with Gasteiger partial charge in [-0.1, -0.05) is 35.9 Å². The molecule has 5 rings (SSSR count). The summed E-state index contributed by atoms with van der Waals surface area (Å²) in [6.07, 6.45) is 3.46. The Morgan fingerprint density at radius 1 is 1.23 bits per heavy atom. The van der Waals surface area contributed by atoms with Crippen LogP contribution in [0.4, 0.5) is 5.82 Å². The van der Waals surface area contributed by atoms with Crippen LogP contribution >= 0.6 is 11.6 Å². The van der Waals surface area contributed by atoms with Gasteiger partial charge in [0.25, 0.3) is 0 Å². The molecule has 1 atom stereocenters. The Morgan fingerprint density at radius 2 is 2.13 bits per heavy atom. The Balaban J connectivity index is 1.60. The summed E-state index contributed by atoms with van der Waals surface area (Å²) in [6.45, 7) is 3.52. The number of rotatable bonds is 3. The van der Waals surface area contributed by atoms with Gasteiger partial charge in [-0.2, -0.15) is 0 Å². The van der Waals surface area contributed by atoms with Gasteiger partial charge in [0.05, 0.1) is 16.8 Å². The fraction of sp³-hybridized carbons (Fsp3) is 0.273. The lowest BCUT2D eigenvalue weighted by molar-refractivity contribution is 0.384. The van der Waals surface area contributed by atoms with E-state index in [9.17, 15) is 4.79 Å². The number of fused-ring (bicyclic) bond motifs is 1. The molecule has 1 fully saturated rings. The maximum Gasteiger partial charge on any atom is 0.434 e. The fourth-order valence-electron chi connectivity index (χ4n) is 4.12. The molecule has 0 amide bonds. The number of hydrogen-bond acceptors (Lipinski definition) is 6. The van der Waals surface area contributed by atoms with Crippen LogP contribution in [0, 0.1) is 6.92 Å². The van der Waals surface area contributed by atoms with Gasteiger partial charge in [-0.25, -0.2) is 19.9 Å². The van der Waals surface area contributed by atoms with E-state index in [0.717, 1.165) is 57.8 Å². The Morgan fingerprint density at radius 3 is 2.93 bits per heavy atom. The number of aryl methyl sites for hydroxylation is 1. The smallest absolute Gasteiger partial charge is 0.392 e. The molecule has 0 spiro atoms. The Labute approximate surface area is 177 Å². The summed E-state index contributed by atoms with van der Waals surface area (Å²) in [5, 5.41) is 8.12. The lowest BCUT2D eigenvalue weighted by atomic mass is 9.96. The molecule has 152 valence electrons. The van der Waals surface area contributed by atoms with Crippen molar-refractivity contribution in [3.8, 4) is 11.1 Å². The highest BCUT2D eigenvalue weighted by molar-refractivity contribution is 6.31. The minimum atomic E-state index is -0.520. The lowest BCUT2D eigenvalue weighted by Crippen LogP contribution is -2.35. The summed E-state index contributed by atoms with van der Waals surface area (Å²) in [4.78, 5) is 22.8. The number of aromatic nitrogens is 4. The van der Waals surface area contributed by atoms with Crippen molar-refractivity contribution in [3.05, 3.63) is 69.8 Å². The number of nitrogens with zero attached hydrogens (tertiary/aromatic N) is 4. The highest BCUT2D eigenvalue weighted by atomic mass is 35.5. The van der Waals surface area contributed by atoms with E-state index in [1.165, 1.54) is 0 Å². The van der Waals surface area contributed by atoms with Crippen LogP contribution in [-0.2, 0) is 0 Å². The summed E-state index contributed by atoms with van der Waals surface area (Å²) >= 11 is 6.40. The van der Waals surface area contributed by atoms with Crippen LogP contribution in [0.5, 0.6) is 0 Å². The van der Waals surface area contributed by atoms with E-state index in [1.807, 2.05) is 31.2 Å². The number of piperidine rings is 1. The van der Waals surface area contributed by atoms with Crippen molar-refractivity contribution >= 4 is 28.3 Å². The van der Waals surface area contributed by atoms with Gasteiger partial charge in [-0.15, -0.1) is 5.10 Å². The Bertz CT molecular complexity index is 1280. The zero-order chi connectivity index (χ0) is 20.7. The second-order valence-corrected chi connectivity index (χ2v) is 8.00. The molecule has 8 heteroatoms. The van der Waals surface area contributed by atoms with Crippen molar-refractivity contribution in [1.29, 1.82) is 0 Å². The van der Waals surface area contributed by atoms with Gasteiger partial charge in [0.1, 0.15) is 12.1 Å². The van der Waals surface area contributed by atoms with E-state index < -0.39 is 5.76 Å². The molecule has 1 aliphatic rings. The molecule has 1 saturated heterocycles. The lowest BCUT2D eigenvalue weighted by Gasteiger charge is -2.32. The molecule has 7 nitrogen and oxygen atoms in total. The summed E-state index contributed by atoms with van der Waals surface area (Å²) in [5.41, 5.74) is 3.98. The predicted octanol–water partition coefficient (Wildman–Crippen LogP) is 4.32. The molecule has 1 unspecified atom stereocenters. The fourth-order valence-corrected chi connectivity index (χ4v) is 4.30. The zero-order valence-corrected chi connectivity index (χ0v) is 17.2. The van der Waals surface area contributed by atoms with Crippen molar-refractivity contribution in [2.45, 2.75) is 25.7 Å². The number of anilines is 1. The molecule has 1 aliphatic heterocycles. The average molecular weight is 422 g/mol. The first-order valence-electron chi connectivity index (χ1n) is 9.91. The summed E-state index contributed by atoms with van der Waals surface area (Å²) < 4.78 is 5.22. The van der Waals surface area contributed by atoms with Crippen LogP contribution in [0.25, 0.3) is 22.0 Å². The Hall–Kier alpha value is -3.19. The second kappa shape index (κ2) is 7.57. The monoisotopic (exact) mass is 421 g/mol. The first kappa shape index (κ1) is 18.8. The van der Waals surface area contributed by atoms with Crippen LogP contribution in [0.15, 0.2) is 51.9 Å². The normalized spacial score (nSPS) is 16.9. The predicted molar refractivity (Wildman–Crippen MR) is 116 cm³/mol. The number of halogens is 1. The molecule has 1 N–H and O–H groups in total. The number of hydrogen-bond donors (Lipinski definition) is 1. The van der Waals surface area contributed by atoms with E-state index in [-0.39, 0.29) is 5.92 Å². The third-order valence-corrected chi connectivity index (χ3v) is 6.06. The molecular weight excluding hydrogens is 402 g/mol. The van der Waals surface area contributed by atoms with Crippen LogP contribution in [0.1, 0.15) is 30.2 Å². The SMILES string of the molecule is Cc1ccc(-c2cccc3ncnc(N4CCCC(c5n[nH]c(=O)o5)C4)c23)cc1Cl. The maximum atomic E-state index is 11.4. The van der Waals surface area contributed by atoms with Gasteiger partial charge >= 0.3 is 5.76 Å². The van der Waals surface area contributed by atoms with Crippen LogP contribution < -0.4 is 10.7 Å². The van der Waals surface area contributed by atoms with Gasteiger partial charge in [0.2, 0.25) is 5.89 Å². The molecule has 0 bridgehead atoms. The van der Waals surface area contributed by atoms with Gasteiger partial charge in [-0.05, 0) is 48.6 Å². The van der Waals surface area contributed by atoms with Crippen molar-refractivity contribution in [2.24, 2.45) is 0 Å². The topological polar surface area (TPSA) is 87.9 Å². The summed E-state index contributed by atoms with van der Waals surface area (Å²) in [5.74, 6) is 0.834. The third kappa shape index (κ3) is 3.35. The first-order chi connectivity index (χ1) is 14.6.